The molecule has 1 atom stereocenters. The number of hydrogen-bond donors (Lipinski definition) is 1. The van der Waals surface area contributed by atoms with Crippen LogP contribution in [0.5, 0.6) is 0 Å². The van der Waals surface area contributed by atoms with Gasteiger partial charge in [-0.25, -0.2) is 0 Å². The SMILES string of the molecule is O/N=C1/CCC=CCC[C@@H]1N1CCCCC1. The Morgan fingerprint density at radius 1 is 1.12 bits per heavy atom. The van der Waals surface area contributed by atoms with Gasteiger partial charge in [0.05, 0.1) is 11.8 Å². The van der Waals surface area contributed by atoms with E-state index in [0.29, 0.717) is 6.04 Å². The molecule has 2 rings (SSSR count). The Kier molecular flexibility index (Phi) is 4.40. The minimum atomic E-state index is 0.384. The van der Waals surface area contributed by atoms with E-state index < -0.39 is 0 Å². The smallest absolute Gasteiger partial charge is 0.0745 e. The highest BCUT2D eigenvalue weighted by molar-refractivity contribution is 5.89. The lowest BCUT2D eigenvalue weighted by Gasteiger charge is -2.35. The van der Waals surface area contributed by atoms with Gasteiger partial charge in [0.1, 0.15) is 0 Å². The monoisotopic (exact) mass is 222 g/mol. The van der Waals surface area contributed by atoms with Crippen molar-refractivity contribution >= 4 is 5.71 Å². The molecule has 1 heterocycles. The van der Waals surface area contributed by atoms with Crippen molar-refractivity contribution in [2.45, 2.75) is 51.0 Å². The van der Waals surface area contributed by atoms with E-state index in [9.17, 15) is 0 Å². The predicted molar refractivity (Wildman–Crippen MR) is 66.0 cm³/mol. The van der Waals surface area contributed by atoms with Gasteiger partial charge in [0, 0.05) is 0 Å². The van der Waals surface area contributed by atoms with E-state index in [-0.39, 0.29) is 0 Å². The number of rotatable bonds is 1. The summed E-state index contributed by atoms with van der Waals surface area (Å²) in [5.74, 6) is 0. The molecule has 3 nitrogen and oxygen atoms in total. The maximum atomic E-state index is 9.15. The molecule has 3 heteroatoms. The second kappa shape index (κ2) is 6.04. The first-order valence-corrected chi connectivity index (χ1v) is 6.51. The minimum Gasteiger partial charge on any atom is -0.411 e. The maximum absolute atomic E-state index is 9.15. The van der Waals surface area contributed by atoms with Gasteiger partial charge in [-0.1, -0.05) is 23.7 Å². The van der Waals surface area contributed by atoms with Gasteiger partial charge in [-0.05, 0) is 51.6 Å². The third-order valence-corrected chi connectivity index (χ3v) is 3.69. The first-order valence-electron chi connectivity index (χ1n) is 6.51. The molecule has 0 aromatic carbocycles. The molecule has 0 saturated carbocycles. The van der Waals surface area contributed by atoms with Crippen molar-refractivity contribution in [1.29, 1.82) is 0 Å². The van der Waals surface area contributed by atoms with Gasteiger partial charge in [-0.2, -0.15) is 0 Å². The Hall–Kier alpha value is -0.830. The van der Waals surface area contributed by atoms with E-state index >= 15 is 0 Å². The summed E-state index contributed by atoms with van der Waals surface area (Å²) in [7, 11) is 0. The van der Waals surface area contributed by atoms with Crippen LogP contribution in [0, 0.1) is 0 Å². The Bertz CT molecular complexity index is 267. The lowest BCUT2D eigenvalue weighted by atomic mass is 9.95. The Balaban J connectivity index is 2.04. The third kappa shape index (κ3) is 2.85. The van der Waals surface area contributed by atoms with E-state index in [1.807, 2.05) is 0 Å². The van der Waals surface area contributed by atoms with E-state index in [1.54, 1.807) is 0 Å². The molecule has 2 aliphatic rings. The molecular weight excluding hydrogens is 200 g/mol. The zero-order chi connectivity index (χ0) is 11.2. The fraction of sp³-hybridized carbons (Fsp3) is 0.769. The lowest BCUT2D eigenvalue weighted by molar-refractivity contribution is 0.188. The average molecular weight is 222 g/mol. The van der Waals surface area contributed by atoms with Crippen LogP contribution in [0.25, 0.3) is 0 Å². The summed E-state index contributed by atoms with van der Waals surface area (Å²) in [6.45, 7) is 2.35. The molecule has 1 aliphatic carbocycles. The van der Waals surface area contributed by atoms with Crippen molar-refractivity contribution in [3.63, 3.8) is 0 Å². The Labute approximate surface area is 97.8 Å². The van der Waals surface area contributed by atoms with Gasteiger partial charge in [0.25, 0.3) is 0 Å². The molecule has 0 spiro atoms. The fourth-order valence-electron chi connectivity index (χ4n) is 2.79. The van der Waals surface area contributed by atoms with Crippen LogP contribution >= 0.6 is 0 Å². The standard InChI is InChI=1S/C13H22N2O/c16-14-12-8-4-1-2-5-9-13(12)15-10-6-3-7-11-15/h1-2,13,16H,3-11H2/b2-1?,14-12-/t13-/m0/s1. The molecule has 16 heavy (non-hydrogen) atoms. The van der Waals surface area contributed by atoms with Crippen LogP contribution in [0.2, 0.25) is 0 Å². The molecule has 90 valence electrons. The van der Waals surface area contributed by atoms with Crippen LogP contribution < -0.4 is 0 Å². The van der Waals surface area contributed by atoms with Crippen molar-refractivity contribution < 1.29 is 5.21 Å². The topological polar surface area (TPSA) is 35.8 Å². The normalized spacial score (nSPS) is 31.2. The van der Waals surface area contributed by atoms with Crippen molar-refractivity contribution in [3.05, 3.63) is 12.2 Å². The second-order valence-corrected chi connectivity index (χ2v) is 4.79. The molecule has 1 N–H and O–H groups in total. The van der Waals surface area contributed by atoms with Gasteiger partial charge in [-0.3, -0.25) is 4.90 Å². The van der Waals surface area contributed by atoms with Crippen LogP contribution in [-0.2, 0) is 0 Å². The van der Waals surface area contributed by atoms with E-state index in [1.165, 1.54) is 32.4 Å². The van der Waals surface area contributed by atoms with Crippen LogP contribution in [0.3, 0.4) is 0 Å². The van der Waals surface area contributed by atoms with Crippen molar-refractivity contribution in [3.8, 4) is 0 Å². The minimum absolute atomic E-state index is 0.384. The van der Waals surface area contributed by atoms with Gasteiger partial charge in [-0.15, -0.1) is 0 Å². The van der Waals surface area contributed by atoms with Crippen LogP contribution in [-0.4, -0.2) is 35.0 Å². The molecule has 0 radical (unpaired) electrons. The molecule has 1 saturated heterocycles. The zero-order valence-corrected chi connectivity index (χ0v) is 9.94. The Morgan fingerprint density at radius 2 is 1.88 bits per heavy atom. The summed E-state index contributed by atoms with van der Waals surface area (Å²) in [6.07, 6.45) is 12.6. The number of hydrogen-bond acceptors (Lipinski definition) is 3. The van der Waals surface area contributed by atoms with E-state index in [2.05, 4.69) is 22.2 Å². The van der Waals surface area contributed by atoms with Gasteiger partial charge in [0.2, 0.25) is 0 Å². The molecule has 0 aromatic heterocycles. The van der Waals surface area contributed by atoms with Crippen LogP contribution in [0.15, 0.2) is 17.3 Å². The molecule has 1 fully saturated rings. The highest BCUT2D eigenvalue weighted by Gasteiger charge is 2.25. The maximum Gasteiger partial charge on any atom is 0.0745 e. The summed E-state index contributed by atoms with van der Waals surface area (Å²) < 4.78 is 0. The summed E-state index contributed by atoms with van der Waals surface area (Å²) in [6, 6.07) is 0.384. The molecule has 0 amide bonds. The molecule has 0 bridgehead atoms. The summed E-state index contributed by atoms with van der Waals surface area (Å²) in [5, 5.41) is 12.7. The van der Waals surface area contributed by atoms with Crippen molar-refractivity contribution in [1.82, 2.24) is 4.90 Å². The number of allylic oxidation sites excluding steroid dienone is 2. The fourth-order valence-corrected chi connectivity index (χ4v) is 2.79. The third-order valence-electron chi connectivity index (χ3n) is 3.69. The quantitative estimate of drug-likeness (QED) is 0.421. The Morgan fingerprint density at radius 3 is 2.62 bits per heavy atom. The van der Waals surface area contributed by atoms with Crippen molar-refractivity contribution in [2.24, 2.45) is 5.16 Å². The van der Waals surface area contributed by atoms with Crippen LogP contribution in [0.4, 0.5) is 0 Å². The molecule has 0 aromatic rings. The first kappa shape index (κ1) is 11.6. The number of piperidine rings is 1. The van der Waals surface area contributed by atoms with Crippen molar-refractivity contribution in [2.75, 3.05) is 13.1 Å². The summed E-state index contributed by atoms with van der Waals surface area (Å²) in [4.78, 5) is 2.51. The van der Waals surface area contributed by atoms with E-state index in [4.69, 9.17) is 5.21 Å². The van der Waals surface area contributed by atoms with E-state index in [0.717, 1.165) is 31.4 Å². The summed E-state index contributed by atoms with van der Waals surface area (Å²) in [5.41, 5.74) is 0.992. The number of likely N-dealkylation sites (tertiary alicyclic amines) is 1. The molecular formula is C13H22N2O. The lowest BCUT2D eigenvalue weighted by Crippen LogP contribution is -2.44. The van der Waals surface area contributed by atoms with Gasteiger partial charge in [0.15, 0.2) is 0 Å². The number of nitrogens with zero attached hydrogens (tertiary/aromatic N) is 2. The van der Waals surface area contributed by atoms with Gasteiger partial charge < -0.3 is 5.21 Å². The average Bonchev–Trinajstić information content (AvgIpc) is 2.30. The highest BCUT2D eigenvalue weighted by atomic mass is 16.4. The second-order valence-electron chi connectivity index (χ2n) is 4.79. The zero-order valence-electron chi connectivity index (χ0n) is 9.94. The summed E-state index contributed by atoms with van der Waals surface area (Å²) >= 11 is 0. The highest BCUT2D eigenvalue weighted by Crippen LogP contribution is 2.20. The largest absolute Gasteiger partial charge is 0.411 e. The first-order chi connectivity index (χ1) is 7.92. The molecule has 1 aliphatic heterocycles. The molecule has 0 unspecified atom stereocenters. The van der Waals surface area contributed by atoms with Gasteiger partial charge >= 0.3 is 0 Å². The predicted octanol–water partition coefficient (Wildman–Crippen LogP) is 2.80. The number of oxime groups is 1. The van der Waals surface area contributed by atoms with Crippen LogP contribution in [0.1, 0.15) is 44.9 Å².